The quantitative estimate of drug-likeness (QED) is 0.200. The Morgan fingerprint density at radius 1 is 0.667 bits per heavy atom. The predicted molar refractivity (Wildman–Crippen MR) is 109 cm³/mol. The normalized spacial score (nSPS) is 13.9. The first-order valence-electron chi connectivity index (χ1n) is 11.0. The van der Waals surface area contributed by atoms with Gasteiger partial charge in [0.25, 0.3) is 0 Å². The number of rotatable bonds is 19. The van der Waals surface area contributed by atoms with Crippen molar-refractivity contribution in [3.8, 4) is 0 Å². The van der Waals surface area contributed by atoms with Crippen molar-refractivity contribution in [2.24, 2.45) is 0 Å². The van der Waals surface area contributed by atoms with E-state index in [0.717, 1.165) is 51.4 Å². The molecule has 0 saturated carbocycles. The minimum Gasteiger partial charge on any atom is -0.748 e. The molecule has 0 aliphatic heterocycles. The Balaban J connectivity index is 0. The van der Waals surface area contributed by atoms with Gasteiger partial charge in [0, 0.05) is 5.25 Å². The topological polar surface area (TPSA) is 77.4 Å². The molecule has 0 amide bonds. The molecular weight excluding hydrogens is 371 g/mol. The van der Waals surface area contributed by atoms with E-state index < -0.39 is 15.4 Å². The number of hydrogen-bond acceptors (Lipinski definition) is 4. The van der Waals surface area contributed by atoms with E-state index in [1.165, 1.54) is 38.5 Å². The van der Waals surface area contributed by atoms with Crippen LogP contribution in [-0.2, 0) is 10.1 Å². The van der Waals surface area contributed by atoms with Gasteiger partial charge in [-0.3, -0.25) is 0 Å². The molecule has 0 fully saturated rings. The minimum atomic E-state index is -4.20. The first-order chi connectivity index (χ1) is 12.4. The smallest absolute Gasteiger partial charge is 0.748 e. The van der Waals surface area contributed by atoms with Gasteiger partial charge in [-0.25, -0.2) is 8.42 Å². The van der Waals surface area contributed by atoms with Gasteiger partial charge in [-0.05, 0) is 25.7 Å². The van der Waals surface area contributed by atoms with Crippen LogP contribution in [0.4, 0.5) is 0 Å². The summed E-state index contributed by atoms with van der Waals surface area (Å²) in [6, 6.07) is 0. The Morgan fingerprint density at radius 3 is 1.44 bits per heavy atom. The number of hydrogen-bond donors (Lipinski definition) is 1. The second-order valence-electron chi connectivity index (χ2n) is 7.81. The Labute approximate surface area is 191 Å². The largest absolute Gasteiger partial charge is 1.00 e. The molecule has 0 aliphatic carbocycles. The zero-order valence-corrected chi connectivity index (χ0v) is 21.1. The molecule has 0 aliphatic rings. The monoisotopic (exact) mass is 414 g/mol. The molecule has 1 N–H and O–H groups in total. The molecule has 0 bridgehead atoms. The van der Waals surface area contributed by atoms with E-state index in [1.54, 1.807) is 0 Å². The number of aliphatic hydroxyl groups excluding tert-OH is 1. The molecule has 6 heteroatoms. The van der Waals surface area contributed by atoms with E-state index in [0.29, 0.717) is 19.3 Å². The maximum Gasteiger partial charge on any atom is 1.00 e. The van der Waals surface area contributed by atoms with Crippen molar-refractivity contribution < 1.29 is 47.6 Å². The van der Waals surface area contributed by atoms with Crippen LogP contribution in [0.15, 0.2) is 0 Å². The van der Waals surface area contributed by atoms with Crippen LogP contribution in [0.25, 0.3) is 0 Å². The fraction of sp³-hybridized carbons (Fsp3) is 1.00. The Bertz CT molecular complexity index is 401. The Morgan fingerprint density at radius 2 is 1.00 bits per heavy atom. The molecule has 158 valence electrons. The molecule has 0 heterocycles. The van der Waals surface area contributed by atoms with E-state index in [2.05, 4.69) is 13.8 Å². The van der Waals surface area contributed by atoms with Crippen molar-refractivity contribution >= 4 is 10.1 Å². The van der Waals surface area contributed by atoms with Gasteiger partial charge in [-0.1, -0.05) is 97.3 Å². The molecule has 27 heavy (non-hydrogen) atoms. The molecule has 0 rings (SSSR count). The molecule has 2 unspecified atom stereocenters. The van der Waals surface area contributed by atoms with Gasteiger partial charge in [0.15, 0.2) is 0 Å². The number of unbranched alkanes of at least 4 members (excludes halogenated alkanes) is 10. The van der Waals surface area contributed by atoms with Crippen molar-refractivity contribution in [3.63, 3.8) is 0 Å². The van der Waals surface area contributed by atoms with E-state index in [4.69, 9.17) is 0 Å². The SMILES string of the molecule is CCCCCCCCC(O)CCCCC(CCCCCCC)S(=O)(=O)[O-].[Na+]. The third-order valence-electron chi connectivity index (χ3n) is 5.24. The van der Waals surface area contributed by atoms with Gasteiger partial charge < -0.3 is 9.66 Å². The van der Waals surface area contributed by atoms with Crippen molar-refractivity contribution in [1.82, 2.24) is 0 Å². The van der Waals surface area contributed by atoms with Crippen LogP contribution in [0.1, 0.15) is 123 Å². The molecule has 2 atom stereocenters. The standard InChI is InChI=1S/C21H44O4S.Na/c1-3-5-7-9-11-12-16-20(22)17-14-15-19-21(26(23,24)25)18-13-10-8-6-4-2;/h20-22H,3-19H2,1-2H3,(H,23,24,25);/q;+1/p-1. The molecule has 0 aromatic carbocycles. The van der Waals surface area contributed by atoms with E-state index in [-0.39, 0.29) is 35.7 Å². The van der Waals surface area contributed by atoms with Gasteiger partial charge >= 0.3 is 29.6 Å². The van der Waals surface area contributed by atoms with Crippen LogP contribution in [0.3, 0.4) is 0 Å². The van der Waals surface area contributed by atoms with E-state index in [1.807, 2.05) is 0 Å². The summed E-state index contributed by atoms with van der Waals surface area (Å²) in [5.41, 5.74) is 0. The maximum absolute atomic E-state index is 11.4. The zero-order chi connectivity index (χ0) is 19.7. The summed E-state index contributed by atoms with van der Waals surface area (Å²) in [6.45, 7) is 4.35. The van der Waals surface area contributed by atoms with Crippen molar-refractivity contribution in [1.29, 1.82) is 0 Å². The minimum absolute atomic E-state index is 0. The number of aliphatic hydroxyl groups is 1. The summed E-state index contributed by atoms with van der Waals surface area (Å²) in [5, 5.41) is 9.28. The first-order valence-corrected chi connectivity index (χ1v) is 12.5. The molecule has 0 saturated heterocycles. The second-order valence-corrected chi connectivity index (χ2v) is 9.46. The van der Waals surface area contributed by atoms with Crippen molar-refractivity contribution in [3.05, 3.63) is 0 Å². The van der Waals surface area contributed by atoms with Gasteiger partial charge in [-0.15, -0.1) is 0 Å². The summed E-state index contributed by atoms with van der Waals surface area (Å²) in [4.78, 5) is 0. The van der Waals surface area contributed by atoms with Gasteiger partial charge in [0.1, 0.15) is 0 Å². The van der Waals surface area contributed by atoms with Crippen LogP contribution in [0, 0.1) is 0 Å². The fourth-order valence-electron chi connectivity index (χ4n) is 3.47. The fourth-order valence-corrected chi connectivity index (χ4v) is 4.38. The Kier molecular flexibility index (Phi) is 22.4. The van der Waals surface area contributed by atoms with Crippen LogP contribution >= 0.6 is 0 Å². The van der Waals surface area contributed by atoms with Crippen LogP contribution in [0.2, 0.25) is 0 Å². The van der Waals surface area contributed by atoms with Crippen molar-refractivity contribution in [2.75, 3.05) is 0 Å². The first kappa shape index (κ1) is 30.1. The predicted octanol–water partition coefficient (Wildman–Crippen LogP) is 2.94. The molecule has 0 radical (unpaired) electrons. The molecule has 0 aromatic rings. The van der Waals surface area contributed by atoms with Crippen LogP contribution in [0.5, 0.6) is 0 Å². The summed E-state index contributed by atoms with van der Waals surface area (Å²) in [5.74, 6) is 0. The second kappa shape index (κ2) is 20.2. The average molecular weight is 415 g/mol. The van der Waals surface area contributed by atoms with Gasteiger partial charge in [0.05, 0.1) is 16.2 Å². The molecule has 0 aromatic heterocycles. The maximum atomic E-state index is 11.4. The van der Waals surface area contributed by atoms with Gasteiger partial charge in [-0.2, -0.15) is 0 Å². The van der Waals surface area contributed by atoms with Crippen LogP contribution in [-0.4, -0.2) is 29.4 Å². The summed E-state index contributed by atoms with van der Waals surface area (Å²) in [6.07, 6.45) is 16.4. The van der Waals surface area contributed by atoms with Gasteiger partial charge in [0.2, 0.25) is 0 Å². The zero-order valence-electron chi connectivity index (χ0n) is 18.3. The molecule has 0 spiro atoms. The summed E-state index contributed by atoms with van der Waals surface area (Å²) < 4.78 is 34.3. The third kappa shape index (κ3) is 19.9. The molecular formula is C21H43NaO4S. The van der Waals surface area contributed by atoms with E-state index >= 15 is 0 Å². The Hall–Kier alpha value is 0.870. The van der Waals surface area contributed by atoms with Crippen LogP contribution < -0.4 is 29.6 Å². The average Bonchev–Trinajstić information content (AvgIpc) is 2.58. The van der Waals surface area contributed by atoms with Crippen molar-refractivity contribution in [2.45, 2.75) is 134 Å². The molecule has 4 nitrogen and oxygen atoms in total. The summed E-state index contributed by atoms with van der Waals surface area (Å²) in [7, 11) is -4.20. The summed E-state index contributed by atoms with van der Waals surface area (Å²) >= 11 is 0. The third-order valence-corrected chi connectivity index (χ3v) is 6.53. The van der Waals surface area contributed by atoms with E-state index in [9.17, 15) is 18.1 Å².